The van der Waals surface area contributed by atoms with Gasteiger partial charge in [0.15, 0.2) is 0 Å². The van der Waals surface area contributed by atoms with Gasteiger partial charge in [0, 0.05) is 22.7 Å². The average molecular weight is 242 g/mol. The minimum Gasteiger partial charge on any atom is -0.460 e. The van der Waals surface area contributed by atoms with E-state index in [0.717, 1.165) is 5.56 Å². The summed E-state index contributed by atoms with van der Waals surface area (Å²) in [5.74, 6) is -0.492. The normalized spacial score (nSPS) is 12.7. The lowest BCUT2D eigenvalue weighted by Gasteiger charge is -2.07. The quantitative estimate of drug-likeness (QED) is 0.839. The van der Waals surface area contributed by atoms with Crippen molar-refractivity contribution in [2.45, 2.75) is 13.0 Å². The highest BCUT2D eigenvalue weighted by atomic mass is 35.5. The van der Waals surface area contributed by atoms with Crippen LogP contribution < -0.4 is 0 Å². The van der Waals surface area contributed by atoms with E-state index >= 15 is 0 Å². The molecule has 0 bridgehead atoms. The number of carbonyl (C=O) groups is 1. The zero-order chi connectivity index (χ0) is 11.7. The highest BCUT2D eigenvalue weighted by molar-refractivity contribution is 6.31. The lowest BCUT2D eigenvalue weighted by molar-refractivity contribution is -0.133. The Morgan fingerprint density at radius 2 is 2.31 bits per heavy atom. The number of ether oxygens (including phenoxy) is 1. The minimum absolute atomic E-state index is 0.0601. The first-order chi connectivity index (χ1) is 7.63. The van der Waals surface area contributed by atoms with Crippen LogP contribution in [0.3, 0.4) is 0 Å². The third kappa shape index (κ3) is 1.76. The Labute approximate surface area is 96.2 Å². The minimum atomic E-state index is -0.492. The molecular formula is C11H9ClFNO2. The van der Waals surface area contributed by atoms with E-state index in [1.54, 1.807) is 13.1 Å². The number of halogens is 2. The second-order valence-electron chi connectivity index (χ2n) is 3.43. The molecule has 1 aromatic carbocycles. The molecule has 0 aliphatic heterocycles. The van der Waals surface area contributed by atoms with E-state index in [9.17, 15) is 9.18 Å². The summed E-state index contributed by atoms with van der Waals surface area (Å²) in [5.41, 5.74) is 1.43. The zero-order valence-corrected chi connectivity index (χ0v) is 9.22. The molecule has 1 atom stereocenters. The van der Waals surface area contributed by atoms with E-state index in [2.05, 4.69) is 4.98 Å². The molecule has 1 aromatic heterocycles. The van der Waals surface area contributed by atoms with Gasteiger partial charge in [0.1, 0.15) is 11.9 Å². The van der Waals surface area contributed by atoms with E-state index in [4.69, 9.17) is 16.3 Å². The number of aromatic amines is 1. The van der Waals surface area contributed by atoms with Crippen molar-refractivity contribution in [3.05, 3.63) is 34.7 Å². The van der Waals surface area contributed by atoms with E-state index in [0.29, 0.717) is 17.4 Å². The molecule has 0 amide bonds. The van der Waals surface area contributed by atoms with Crippen LogP contribution >= 0.6 is 11.6 Å². The van der Waals surface area contributed by atoms with Crippen molar-refractivity contribution in [2.24, 2.45) is 0 Å². The molecule has 1 N–H and O–H groups in total. The van der Waals surface area contributed by atoms with Crippen LogP contribution in [-0.2, 0) is 9.53 Å². The number of nitrogens with one attached hydrogen (secondary N) is 1. The van der Waals surface area contributed by atoms with E-state index in [1.165, 1.54) is 12.1 Å². The molecule has 2 aromatic rings. The van der Waals surface area contributed by atoms with E-state index < -0.39 is 11.9 Å². The summed E-state index contributed by atoms with van der Waals surface area (Å²) in [4.78, 5) is 13.2. The van der Waals surface area contributed by atoms with Crippen molar-refractivity contribution in [3.8, 4) is 0 Å². The Bertz CT molecular complexity index is 538. The summed E-state index contributed by atoms with van der Waals surface area (Å²) in [7, 11) is 0. The maximum atomic E-state index is 13.3. The van der Waals surface area contributed by atoms with Crippen LogP contribution in [0.25, 0.3) is 10.9 Å². The number of carbonyl (C=O) groups excluding carboxylic acids is 1. The molecule has 0 aliphatic carbocycles. The predicted octanol–water partition coefficient (Wildman–Crippen LogP) is 3.19. The number of fused-ring (bicyclic) bond motifs is 1. The van der Waals surface area contributed by atoms with Crippen molar-refractivity contribution in [3.63, 3.8) is 0 Å². The second-order valence-corrected chi connectivity index (χ2v) is 3.84. The van der Waals surface area contributed by atoms with Gasteiger partial charge < -0.3 is 9.72 Å². The first-order valence-corrected chi connectivity index (χ1v) is 5.06. The molecule has 1 heterocycles. The van der Waals surface area contributed by atoms with Crippen LogP contribution in [0.4, 0.5) is 4.39 Å². The van der Waals surface area contributed by atoms with Gasteiger partial charge in [0.2, 0.25) is 0 Å². The predicted molar refractivity (Wildman–Crippen MR) is 58.8 cm³/mol. The topological polar surface area (TPSA) is 42.1 Å². The molecular weight excluding hydrogens is 233 g/mol. The first kappa shape index (κ1) is 11.0. The third-order valence-electron chi connectivity index (χ3n) is 2.45. The summed E-state index contributed by atoms with van der Waals surface area (Å²) in [5, 5.41) is 0.723. The van der Waals surface area contributed by atoms with Crippen molar-refractivity contribution in [1.82, 2.24) is 4.98 Å². The van der Waals surface area contributed by atoms with Gasteiger partial charge in [0.25, 0.3) is 6.47 Å². The molecule has 5 heteroatoms. The number of rotatable bonds is 3. The smallest absolute Gasteiger partial charge is 0.293 e. The fourth-order valence-corrected chi connectivity index (χ4v) is 1.79. The highest BCUT2D eigenvalue weighted by Gasteiger charge is 2.13. The van der Waals surface area contributed by atoms with Gasteiger partial charge in [-0.05, 0) is 19.1 Å². The SMILES string of the molecule is CC(OC=O)c1c[nH]c2cc(Cl)c(F)cc12. The first-order valence-electron chi connectivity index (χ1n) is 4.68. The monoisotopic (exact) mass is 241 g/mol. The molecule has 0 saturated heterocycles. The van der Waals surface area contributed by atoms with Crippen LogP contribution in [0.15, 0.2) is 18.3 Å². The number of hydrogen-bond donors (Lipinski definition) is 1. The van der Waals surface area contributed by atoms with Gasteiger partial charge in [0.05, 0.1) is 5.02 Å². The van der Waals surface area contributed by atoms with Gasteiger partial charge >= 0.3 is 0 Å². The Morgan fingerprint density at radius 1 is 1.56 bits per heavy atom. The van der Waals surface area contributed by atoms with Crippen LogP contribution in [0.2, 0.25) is 5.02 Å². The van der Waals surface area contributed by atoms with E-state index in [-0.39, 0.29) is 5.02 Å². The largest absolute Gasteiger partial charge is 0.460 e. The van der Waals surface area contributed by atoms with Gasteiger partial charge in [-0.1, -0.05) is 11.6 Å². The Kier molecular flexibility index (Phi) is 2.83. The number of benzene rings is 1. The number of aromatic nitrogens is 1. The molecule has 0 fully saturated rings. The van der Waals surface area contributed by atoms with Crippen LogP contribution in [0.5, 0.6) is 0 Å². The van der Waals surface area contributed by atoms with Crippen molar-refractivity contribution in [2.75, 3.05) is 0 Å². The van der Waals surface area contributed by atoms with Crippen molar-refractivity contribution in [1.29, 1.82) is 0 Å². The lowest BCUT2D eigenvalue weighted by atomic mass is 10.1. The molecule has 1 unspecified atom stereocenters. The van der Waals surface area contributed by atoms with Gasteiger partial charge in [-0.15, -0.1) is 0 Å². The molecule has 0 spiro atoms. The molecule has 3 nitrogen and oxygen atoms in total. The fourth-order valence-electron chi connectivity index (χ4n) is 1.63. The average Bonchev–Trinajstić information content (AvgIpc) is 2.62. The zero-order valence-electron chi connectivity index (χ0n) is 8.46. The number of hydrogen-bond acceptors (Lipinski definition) is 2. The standard InChI is InChI=1S/C11H9ClFNO2/c1-6(16-5-15)8-4-14-11-3-9(12)10(13)2-7(8)11/h2-6,14H,1H3. The maximum absolute atomic E-state index is 13.3. The van der Waals surface area contributed by atoms with Crippen LogP contribution in [0, 0.1) is 5.82 Å². The summed E-state index contributed by atoms with van der Waals surface area (Å²) in [6.45, 7) is 2.08. The number of H-pyrrole nitrogens is 1. The summed E-state index contributed by atoms with van der Waals surface area (Å²) < 4.78 is 18.1. The summed E-state index contributed by atoms with van der Waals surface area (Å²) in [6.07, 6.45) is 1.25. The molecule has 0 radical (unpaired) electrons. The lowest BCUT2D eigenvalue weighted by Crippen LogP contribution is -1.96. The summed E-state index contributed by atoms with van der Waals surface area (Å²) in [6, 6.07) is 2.83. The second kappa shape index (κ2) is 4.14. The molecule has 0 aliphatic rings. The summed E-state index contributed by atoms with van der Waals surface area (Å²) >= 11 is 5.66. The maximum Gasteiger partial charge on any atom is 0.293 e. The Hall–Kier alpha value is -1.55. The fraction of sp³-hybridized carbons (Fsp3) is 0.182. The van der Waals surface area contributed by atoms with Gasteiger partial charge in [-0.3, -0.25) is 4.79 Å². The van der Waals surface area contributed by atoms with Crippen LogP contribution in [0.1, 0.15) is 18.6 Å². The third-order valence-corrected chi connectivity index (χ3v) is 2.74. The van der Waals surface area contributed by atoms with Gasteiger partial charge in [-0.2, -0.15) is 0 Å². The van der Waals surface area contributed by atoms with Gasteiger partial charge in [-0.25, -0.2) is 4.39 Å². The van der Waals surface area contributed by atoms with E-state index in [1.807, 2.05) is 0 Å². The molecule has 2 rings (SSSR count). The highest BCUT2D eigenvalue weighted by Crippen LogP contribution is 2.29. The molecule has 84 valence electrons. The molecule has 16 heavy (non-hydrogen) atoms. The van der Waals surface area contributed by atoms with Crippen molar-refractivity contribution >= 4 is 29.0 Å². The molecule has 0 saturated carbocycles. The van der Waals surface area contributed by atoms with Crippen molar-refractivity contribution < 1.29 is 13.9 Å². The Morgan fingerprint density at radius 3 is 3.00 bits per heavy atom. The van der Waals surface area contributed by atoms with Crippen LogP contribution in [-0.4, -0.2) is 11.5 Å². The Balaban J connectivity index is 2.55.